The molecule has 2 aliphatic rings. The Morgan fingerprint density at radius 1 is 1.36 bits per heavy atom. The number of hydrogen-bond donors (Lipinski definition) is 1. The standard InChI is InChI=1S/C10H16N2O2/c13-11-9-3-1-2-4-10(9)12-5-7-14-8-6-12/h4,13H,1-3,5-8H2/b11-9-. The molecule has 0 radical (unpaired) electrons. The van der Waals surface area contributed by atoms with E-state index in [4.69, 9.17) is 9.94 Å². The largest absolute Gasteiger partial charge is 0.411 e. The van der Waals surface area contributed by atoms with Gasteiger partial charge in [0.2, 0.25) is 0 Å². The number of rotatable bonds is 1. The molecule has 14 heavy (non-hydrogen) atoms. The van der Waals surface area contributed by atoms with Crippen LogP contribution in [0.5, 0.6) is 0 Å². The van der Waals surface area contributed by atoms with Gasteiger partial charge in [0.1, 0.15) is 5.71 Å². The van der Waals surface area contributed by atoms with Crippen LogP contribution < -0.4 is 0 Å². The van der Waals surface area contributed by atoms with Crippen LogP contribution in [0.2, 0.25) is 0 Å². The summed E-state index contributed by atoms with van der Waals surface area (Å²) in [6.45, 7) is 3.36. The Labute approximate surface area is 83.8 Å². The highest BCUT2D eigenvalue weighted by molar-refractivity contribution is 5.99. The first-order chi connectivity index (χ1) is 6.92. The average molecular weight is 196 g/mol. The van der Waals surface area contributed by atoms with Gasteiger partial charge in [0.05, 0.1) is 18.9 Å². The third-order valence-electron chi connectivity index (χ3n) is 2.72. The molecule has 78 valence electrons. The van der Waals surface area contributed by atoms with E-state index in [1.807, 2.05) is 0 Å². The summed E-state index contributed by atoms with van der Waals surface area (Å²) >= 11 is 0. The molecule has 0 unspecified atom stereocenters. The second kappa shape index (κ2) is 4.46. The van der Waals surface area contributed by atoms with Crippen molar-refractivity contribution in [3.8, 4) is 0 Å². The molecule has 0 saturated carbocycles. The van der Waals surface area contributed by atoms with Crippen molar-refractivity contribution in [1.29, 1.82) is 0 Å². The summed E-state index contributed by atoms with van der Waals surface area (Å²) in [5.74, 6) is 0. The average Bonchev–Trinajstić information content (AvgIpc) is 2.30. The molecule has 0 aromatic carbocycles. The third kappa shape index (κ3) is 1.90. The number of nitrogens with zero attached hydrogens (tertiary/aromatic N) is 2. The van der Waals surface area contributed by atoms with E-state index in [0.717, 1.165) is 57.0 Å². The molecule has 1 aliphatic carbocycles. The van der Waals surface area contributed by atoms with Crippen molar-refractivity contribution in [3.63, 3.8) is 0 Å². The van der Waals surface area contributed by atoms with E-state index in [2.05, 4.69) is 16.1 Å². The number of oxime groups is 1. The summed E-state index contributed by atoms with van der Waals surface area (Å²) in [4.78, 5) is 2.25. The van der Waals surface area contributed by atoms with E-state index in [1.165, 1.54) is 0 Å². The third-order valence-corrected chi connectivity index (χ3v) is 2.72. The van der Waals surface area contributed by atoms with Gasteiger partial charge < -0.3 is 14.8 Å². The first-order valence-corrected chi connectivity index (χ1v) is 5.16. The first kappa shape index (κ1) is 9.52. The molecule has 1 aliphatic heterocycles. The van der Waals surface area contributed by atoms with Gasteiger partial charge in [-0.2, -0.15) is 0 Å². The fraction of sp³-hybridized carbons (Fsp3) is 0.700. The highest BCUT2D eigenvalue weighted by Crippen LogP contribution is 2.19. The van der Waals surface area contributed by atoms with Gasteiger partial charge in [-0.15, -0.1) is 0 Å². The number of hydrogen-bond acceptors (Lipinski definition) is 4. The lowest BCUT2D eigenvalue weighted by molar-refractivity contribution is 0.0558. The fourth-order valence-corrected chi connectivity index (χ4v) is 1.97. The van der Waals surface area contributed by atoms with Crippen LogP contribution in [0, 0.1) is 0 Å². The van der Waals surface area contributed by atoms with Crippen LogP contribution in [-0.2, 0) is 4.74 Å². The van der Waals surface area contributed by atoms with E-state index < -0.39 is 0 Å². The molecule has 0 bridgehead atoms. The zero-order chi connectivity index (χ0) is 9.80. The quantitative estimate of drug-likeness (QED) is 0.506. The summed E-state index contributed by atoms with van der Waals surface area (Å²) < 4.78 is 5.29. The van der Waals surface area contributed by atoms with E-state index >= 15 is 0 Å². The van der Waals surface area contributed by atoms with Crippen molar-refractivity contribution in [2.24, 2.45) is 5.16 Å². The zero-order valence-electron chi connectivity index (χ0n) is 8.28. The molecule has 1 fully saturated rings. The Hall–Kier alpha value is -1.03. The Morgan fingerprint density at radius 3 is 2.86 bits per heavy atom. The molecular formula is C10H16N2O2. The monoisotopic (exact) mass is 196 g/mol. The smallest absolute Gasteiger partial charge is 0.102 e. The molecule has 2 rings (SSSR count). The predicted octanol–water partition coefficient (Wildman–Crippen LogP) is 1.22. The van der Waals surface area contributed by atoms with Gasteiger partial charge in [-0.1, -0.05) is 11.2 Å². The summed E-state index contributed by atoms with van der Waals surface area (Å²) in [6.07, 6.45) is 5.24. The minimum atomic E-state index is 0.774. The van der Waals surface area contributed by atoms with Gasteiger partial charge in [-0.05, 0) is 19.3 Å². The number of morpholine rings is 1. The molecular weight excluding hydrogens is 180 g/mol. The Kier molecular flexibility index (Phi) is 3.03. The van der Waals surface area contributed by atoms with Crippen molar-refractivity contribution in [2.75, 3.05) is 26.3 Å². The molecule has 4 heteroatoms. The number of allylic oxidation sites excluding steroid dienone is 2. The molecule has 1 heterocycles. The lowest BCUT2D eigenvalue weighted by atomic mass is 10.0. The summed E-state index contributed by atoms with van der Waals surface area (Å²) in [5, 5.41) is 12.3. The summed E-state index contributed by atoms with van der Waals surface area (Å²) in [6, 6.07) is 0. The Balaban J connectivity index is 2.09. The van der Waals surface area contributed by atoms with Crippen LogP contribution in [0.4, 0.5) is 0 Å². The predicted molar refractivity (Wildman–Crippen MR) is 53.5 cm³/mol. The van der Waals surface area contributed by atoms with E-state index in [9.17, 15) is 0 Å². The molecule has 0 aromatic heterocycles. The maximum absolute atomic E-state index is 8.88. The van der Waals surface area contributed by atoms with Gasteiger partial charge in [0.25, 0.3) is 0 Å². The van der Waals surface area contributed by atoms with Crippen molar-refractivity contribution in [3.05, 3.63) is 11.8 Å². The SMILES string of the molecule is O/N=C1/CCCC=C1N1CCOCC1. The molecule has 1 saturated heterocycles. The van der Waals surface area contributed by atoms with E-state index in [1.54, 1.807) is 0 Å². The highest BCUT2D eigenvalue weighted by atomic mass is 16.5. The molecule has 0 atom stereocenters. The molecule has 4 nitrogen and oxygen atoms in total. The maximum Gasteiger partial charge on any atom is 0.102 e. The Morgan fingerprint density at radius 2 is 2.14 bits per heavy atom. The maximum atomic E-state index is 8.88. The minimum absolute atomic E-state index is 0.774. The van der Waals surface area contributed by atoms with Crippen LogP contribution in [0.15, 0.2) is 16.9 Å². The van der Waals surface area contributed by atoms with Gasteiger partial charge in [-0.3, -0.25) is 0 Å². The Bertz CT molecular complexity index is 255. The molecule has 1 N–H and O–H groups in total. The lowest BCUT2D eigenvalue weighted by Crippen LogP contribution is -2.38. The fourth-order valence-electron chi connectivity index (χ4n) is 1.97. The molecule has 0 aromatic rings. The van der Waals surface area contributed by atoms with Crippen LogP contribution in [0.3, 0.4) is 0 Å². The van der Waals surface area contributed by atoms with Crippen molar-refractivity contribution < 1.29 is 9.94 Å². The highest BCUT2D eigenvalue weighted by Gasteiger charge is 2.20. The van der Waals surface area contributed by atoms with E-state index in [0.29, 0.717) is 0 Å². The van der Waals surface area contributed by atoms with Crippen LogP contribution in [0.1, 0.15) is 19.3 Å². The van der Waals surface area contributed by atoms with Crippen molar-refractivity contribution >= 4 is 5.71 Å². The number of ether oxygens (including phenoxy) is 1. The first-order valence-electron chi connectivity index (χ1n) is 5.16. The zero-order valence-corrected chi connectivity index (χ0v) is 8.28. The summed E-state index contributed by atoms with van der Waals surface area (Å²) in [5.41, 5.74) is 1.94. The van der Waals surface area contributed by atoms with Crippen LogP contribution >= 0.6 is 0 Å². The van der Waals surface area contributed by atoms with Gasteiger partial charge in [0, 0.05) is 13.1 Å². The molecule has 0 spiro atoms. The van der Waals surface area contributed by atoms with Gasteiger partial charge in [-0.25, -0.2) is 0 Å². The minimum Gasteiger partial charge on any atom is -0.411 e. The van der Waals surface area contributed by atoms with Gasteiger partial charge >= 0.3 is 0 Å². The lowest BCUT2D eigenvalue weighted by Gasteiger charge is -2.32. The normalized spacial score (nSPS) is 26.4. The summed E-state index contributed by atoms with van der Waals surface area (Å²) in [7, 11) is 0. The second-order valence-electron chi connectivity index (χ2n) is 3.63. The van der Waals surface area contributed by atoms with Crippen molar-refractivity contribution in [2.45, 2.75) is 19.3 Å². The van der Waals surface area contributed by atoms with Crippen LogP contribution in [-0.4, -0.2) is 42.1 Å². The van der Waals surface area contributed by atoms with Gasteiger partial charge in [0.15, 0.2) is 0 Å². The molecule has 0 amide bonds. The van der Waals surface area contributed by atoms with E-state index in [-0.39, 0.29) is 0 Å². The second-order valence-corrected chi connectivity index (χ2v) is 3.63. The van der Waals surface area contributed by atoms with Crippen molar-refractivity contribution in [1.82, 2.24) is 4.90 Å². The topological polar surface area (TPSA) is 45.1 Å². The van der Waals surface area contributed by atoms with Crippen LogP contribution in [0.25, 0.3) is 0 Å².